The number of hydrogen-bond acceptors (Lipinski definition) is 4. The van der Waals surface area contributed by atoms with Crippen molar-refractivity contribution in [2.75, 3.05) is 0 Å². The number of benzene rings is 3. The van der Waals surface area contributed by atoms with E-state index in [1.165, 1.54) is 6.07 Å². The molecule has 4 nitrogen and oxygen atoms in total. The molecule has 1 heterocycles. The number of rotatable bonds is 3. The number of alkyl halides is 3. The zero-order chi connectivity index (χ0) is 20.4. The van der Waals surface area contributed by atoms with Crippen molar-refractivity contribution in [2.45, 2.75) is 6.18 Å². The van der Waals surface area contributed by atoms with Crippen LogP contribution in [0.25, 0.3) is 22.3 Å². The number of fused-ring (bicyclic) bond motifs is 1. The van der Waals surface area contributed by atoms with E-state index >= 15 is 0 Å². The summed E-state index contributed by atoms with van der Waals surface area (Å²) in [6.45, 7) is 0. The number of nitriles is 1. The molecule has 29 heavy (non-hydrogen) atoms. The summed E-state index contributed by atoms with van der Waals surface area (Å²) in [5, 5.41) is 8.92. The van der Waals surface area contributed by atoms with Gasteiger partial charge in [0.2, 0.25) is 5.88 Å². The highest BCUT2D eigenvalue weighted by Crippen LogP contribution is 2.35. The van der Waals surface area contributed by atoms with Crippen LogP contribution in [0.5, 0.6) is 11.6 Å². The van der Waals surface area contributed by atoms with E-state index in [-0.39, 0.29) is 11.4 Å². The lowest BCUT2D eigenvalue weighted by Crippen LogP contribution is -2.05. The molecule has 3 aromatic carbocycles. The Morgan fingerprint density at radius 1 is 0.828 bits per heavy atom. The zero-order valence-electron chi connectivity index (χ0n) is 14.8. The van der Waals surface area contributed by atoms with Crippen molar-refractivity contribution in [3.8, 4) is 29.0 Å². The summed E-state index contributed by atoms with van der Waals surface area (Å²) in [5.74, 6) is 0.467. The summed E-state index contributed by atoms with van der Waals surface area (Å²) in [6, 6.07) is 20.7. The average Bonchev–Trinajstić information content (AvgIpc) is 2.73. The molecule has 0 aliphatic heterocycles. The highest BCUT2D eigenvalue weighted by atomic mass is 19.4. The molecule has 0 saturated carbocycles. The van der Waals surface area contributed by atoms with Crippen LogP contribution in [-0.2, 0) is 6.18 Å². The van der Waals surface area contributed by atoms with Crippen molar-refractivity contribution < 1.29 is 17.9 Å². The molecule has 0 saturated heterocycles. The zero-order valence-corrected chi connectivity index (χ0v) is 14.8. The molecule has 0 N–H and O–H groups in total. The topological polar surface area (TPSA) is 58.8 Å². The van der Waals surface area contributed by atoms with Crippen LogP contribution in [0.1, 0.15) is 11.1 Å². The first-order chi connectivity index (χ1) is 13.9. The van der Waals surface area contributed by atoms with E-state index < -0.39 is 11.7 Å². The van der Waals surface area contributed by atoms with E-state index in [2.05, 4.69) is 9.97 Å². The number of ether oxygens (including phenoxy) is 1. The van der Waals surface area contributed by atoms with Crippen molar-refractivity contribution in [1.82, 2.24) is 9.97 Å². The Morgan fingerprint density at radius 3 is 2.21 bits per heavy atom. The molecular weight excluding hydrogens is 379 g/mol. The predicted octanol–water partition coefficient (Wildman–Crippen LogP) is 5.98. The minimum absolute atomic E-state index is 0.0724. The second-order valence-corrected chi connectivity index (χ2v) is 6.18. The highest BCUT2D eigenvalue weighted by molar-refractivity contribution is 5.80. The molecule has 0 amide bonds. The summed E-state index contributed by atoms with van der Waals surface area (Å²) in [7, 11) is 0. The second-order valence-electron chi connectivity index (χ2n) is 6.18. The number of hydrogen-bond donors (Lipinski definition) is 0. The minimum atomic E-state index is -4.48. The molecule has 0 aliphatic rings. The third kappa shape index (κ3) is 3.87. The first-order valence-electron chi connectivity index (χ1n) is 8.56. The quantitative estimate of drug-likeness (QED) is 0.431. The Balaban J connectivity index is 1.86. The Morgan fingerprint density at radius 2 is 1.55 bits per heavy atom. The van der Waals surface area contributed by atoms with E-state index in [0.717, 1.165) is 12.1 Å². The van der Waals surface area contributed by atoms with Gasteiger partial charge in [-0.25, -0.2) is 9.97 Å². The van der Waals surface area contributed by atoms with Gasteiger partial charge >= 0.3 is 6.18 Å². The van der Waals surface area contributed by atoms with Gasteiger partial charge < -0.3 is 4.74 Å². The smallest absolute Gasteiger partial charge is 0.416 e. The fourth-order valence-electron chi connectivity index (χ4n) is 2.78. The maximum Gasteiger partial charge on any atom is 0.416 e. The van der Waals surface area contributed by atoms with Crippen LogP contribution in [0, 0.1) is 11.3 Å². The van der Waals surface area contributed by atoms with Crippen molar-refractivity contribution in [2.24, 2.45) is 0 Å². The standard InChI is InChI=1S/C22H12F3N3O/c23-22(24,25)16-8-11-18-19(12-16)28-21(20(27-18)15-4-2-1-3-5-15)29-17-9-6-14(13-26)7-10-17/h1-12H. The maximum absolute atomic E-state index is 13.1. The van der Waals surface area contributed by atoms with Gasteiger partial charge in [0.15, 0.2) is 0 Å². The summed E-state index contributed by atoms with van der Waals surface area (Å²) in [5.41, 5.74) is 1.16. The second kappa shape index (κ2) is 7.24. The Hall–Kier alpha value is -3.92. The van der Waals surface area contributed by atoms with Gasteiger partial charge in [0.1, 0.15) is 11.4 Å². The Bertz CT molecular complexity index is 1210. The SMILES string of the molecule is N#Cc1ccc(Oc2nc3cc(C(F)(F)F)ccc3nc2-c2ccccc2)cc1. The van der Waals surface area contributed by atoms with Crippen molar-refractivity contribution in [1.29, 1.82) is 5.26 Å². The molecule has 0 unspecified atom stereocenters. The van der Waals surface area contributed by atoms with Gasteiger partial charge in [0, 0.05) is 5.56 Å². The molecule has 7 heteroatoms. The van der Waals surface area contributed by atoms with Gasteiger partial charge in [-0.15, -0.1) is 0 Å². The molecule has 4 rings (SSSR count). The van der Waals surface area contributed by atoms with Gasteiger partial charge in [0.25, 0.3) is 0 Å². The molecule has 0 fully saturated rings. The summed E-state index contributed by atoms with van der Waals surface area (Å²) < 4.78 is 45.1. The van der Waals surface area contributed by atoms with Crippen LogP contribution in [0.15, 0.2) is 72.8 Å². The fraction of sp³-hybridized carbons (Fsp3) is 0.0455. The monoisotopic (exact) mass is 391 g/mol. The lowest BCUT2D eigenvalue weighted by molar-refractivity contribution is -0.137. The molecule has 142 valence electrons. The predicted molar refractivity (Wildman–Crippen MR) is 101 cm³/mol. The number of nitrogens with zero attached hydrogens (tertiary/aromatic N) is 3. The molecular formula is C22H12F3N3O. The largest absolute Gasteiger partial charge is 0.437 e. The molecule has 0 bridgehead atoms. The Labute approximate surface area is 163 Å². The normalized spacial score (nSPS) is 11.2. The van der Waals surface area contributed by atoms with Crippen LogP contribution in [0.2, 0.25) is 0 Å². The number of aromatic nitrogens is 2. The van der Waals surface area contributed by atoms with Crippen LogP contribution in [0.3, 0.4) is 0 Å². The maximum atomic E-state index is 13.1. The molecule has 0 radical (unpaired) electrons. The van der Waals surface area contributed by atoms with Crippen LogP contribution >= 0.6 is 0 Å². The van der Waals surface area contributed by atoms with Crippen LogP contribution in [-0.4, -0.2) is 9.97 Å². The Kier molecular flexibility index (Phi) is 4.61. The van der Waals surface area contributed by atoms with Crippen LogP contribution < -0.4 is 4.74 Å². The van der Waals surface area contributed by atoms with E-state index in [4.69, 9.17) is 10.00 Å². The molecule has 4 aromatic rings. The molecule has 0 aliphatic carbocycles. The minimum Gasteiger partial charge on any atom is -0.437 e. The number of halogens is 3. The first kappa shape index (κ1) is 18.4. The first-order valence-corrected chi connectivity index (χ1v) is 8.56. The third-order valence-corrected chi connectivity index (χ3v) is 4.20. The molecule has 0 atom stereocenters. The lowest BCUT2D eigenvalue weighted by atomic mass is 10.1. The average molecular weight is 391 g/mol. The van der Waals surface area contributed by atoms with E-state index in [9.17, 15) is 13.2 Å². The van der Waals surface area contributed by atoms with Crippen molar-refractivity contribution in [3.05, 3.63) is 83.9 Å². The van der Waals surface area contributed by atoms with Crippen molar-refractivity contribution in [3.63, 3.8) is 0 Å². The fourth-order valence-corrected chi connectivity index (χ4v) is 2.78. The van der Waals surface area contributed by atoms with Gasteiger partial charge in [-0.05, 0) is 42.5 Å². The van der Waals surface area contributed by atoms with Gasteiger partial charge in [-0.3, -0.25) is 0 Å². The van der Waals surface area contributed by atoms with Gasteiger partial charge in [-0.1, -0.05) is 30.3 Å². The summed E-state index contributed by atoms with van der Waals surface area (Å²) in [6.07, 6.45) is -4.48. The summed E-state index contributed by atoms with van der Waals surface area (Å²) >= 11 is 0. The highest BCUT2D eigenvalue weighted by Gasteiger charge is 2.31. The third-order valence-electron chi connectivity index (χ3n) is 4.20. The molecule has 1 aromatic heterocycles. The molecule has 0 spiro atoms. The van der Waals surface area contributed by atoms with Crippen LogP contribution in [0.4, 0.5) is 13.2 Å². The summed E-state index contributed by atoms with van der Waals surface area (Å²) in [4.78, 5) is 8.81. The van der Waals surface area contributed by atoms with Gasteiger partial charge in [0.05, 0.1) is 28.2 Å². The van der Waals surface area contributed by atoms with Crippen molar-refractivity contribution >= 4 is 11.0 Å². The van der Waals surface area contributed by atoms with E-state index in [1.54, 1.807) is 24.3 Å². The van der Waals surface area contributed by atoms with E-state index in [1.807, 2.05) is 36.4 Å². The van der Waals surface area contributed by atoms with Gasteiger partial charge in [-0.2, -0.15) is 18.4 Å². The van der Waals surface area contributed by atoms with E-state index in [0.29, 0.717) is 28.1 Å². The lowest BCUT2D eigenvalue weighted by Gasteiger charge is -2.12.